The topological polar surface area (TPSA) is 94.1 Å². The summed E-state index contributed by atoms with van der Waals surface area (Å²) >= 11 is 0. The van der Waals surface area contributed by atoms with Crippen LogP contribution in [0.1, 0.15) is 31.8 Å². The number of nitrogens with zero attached hydrogens (tertiary/aromatic N) is 4. The predicted molar refractivity (Wildman–Crippen MR) is 122 cm³/mol. The van der Waals surface area contributed by atoms with Gasteiger partial charge in [-0.3, -0.25) is 9.59 Å². The van der Waals surface area contributed by atoms with E-state index in [1.165, 1.54) is 23.4 Å². The number of aromatic nitrogens is 3. The van der Waals surface area contributed by atoms with Gasteiger partial charge in [0.05, 0.1) is 12.1 Å². The number of primary amides is 1. The normalized spacial score (nSPS) is 13.3. The van der Waals surface area contributed by atoms with Gasteiger partial charge in [0.1, 0.15) is 6.33 Å². The van der Waals surface area contributed by atoms with Crippen molar-refractivity contribution in [2.75, 3.05) is 4.90 Å². The second kappa shape index (κ2) is 8.08. The van der Waals surface area contributed by atoms with Crippen molar-refractivity contribution in [3.8, 4) is 22.5 Å². The third-order valence-corrected chi connectivity index (χ3v) is 6.00. The van der Waals surface area contributed by atoms with Gasteiger partial charge in [-0.1, -0.05) is 24.3 Å². The molecule has 4 aromatic rings. The van der Waals surface area contributed by atoms with Crippen LogP contribution in [0.2, 0.25) is 0 Å². The van der Waals surface area contributed by atoms with Gasteiger partial charge in [0.25, 0.3) is 5.91 Å². The minimum atomic E-state index is -4.56. The maximum atomic E-state index is 13.5. The molecule has 176 valence electrons. The molecule has 0 atom stereocenters. The Labute approximate surface area is 197 Å². The molecule has 0 aliphatic carbocycles. The first kappa shape index (κ1) is 22.3. The van der Waals surface area contributed by atoms with Crippen molar-refractivity contribution in [2.45, 2.75) is 12.7 Å². The molecule has 0 fully saturated rings. The summed E-state index contributed by atoms with van der Waals surface area (Å²) in [5.74, 6) is -0.608. The number of nitrogens with two attached hydrogens (primary N) is 1. The molecule has 0 bridgehead atoms. The van der Waals surface area contributed by atoms with Crippen LogP contribution in [-0.2, 0) is 19.8 Å². The third-order valence-electron chi connectivity index (χ3n) is 6.00. The lowest BCUT2D eigenvalue weighted by Crippen LogP contribution is -2.23. The molecule has 0 saturated heterocycles. The molecule has 0 spiro atoms. The fraction of sp³-hybridized carbons (Fsp3) is 0.120. The van der Waals surface area contributed by atoms with E-state index in [9.17, 15) is 22.8 Å². The summed E-state index contributed by atoms with van der Waals surface area (Å²) in [5, 5.41) is 8.04. The second-order valence-electron chi connectivity index (χ2n) is 8.16. The van der Waals surface area contributed by atoms with Crippen LogP contribution < -0.4 is 10.6 Å². The summed E-state index contributed by atoms with van der Waals surface area (Å²) in [6.45, 7) is -0.190. The molecule has 0 unspecified atom stereocenters. The zero-order chi connectivity index (χ0) is 24.9. The molecule has 5 rings (SSSR count). The Morgan fingerprint density at radius 1 is 1.00 bits per heavy atom. The summed E-state index contributed by atoms with van der Waals surface area (Å²) in [4.78, 5) is 26.1. The maximum absolute atomic E-state index is 13.5. The molecule has 0 saturated carbocycles. The van der Waals surface area contributed by atoms with E-state index < -0.39 is 23.6 Å². The quantitative estimate of drug-likeness (QED) is 0.471. The summed E-state index contributed by atoms with van der Waals surface area (Å²) in [6, 6.07) is 15.4. The van der Waals surface area contributed by atoms with Gasteiger partial charge in [-0.05, 0) is 53.1 Å². The fourth-order valence-corrected chi connectivity index (χ4v) is 4.31. The van der Waals surface area contributed by atoms with Crippen LogP contribution >= 0.6 is 0 Å². The number of fused-ring (bicyclic) bond motifs is 1. The number of carbonyl (C=O) groups is 2. The van der Waals surface area contributed by atoms with E-state index in [-0.39, 0.29) is 23.2 Å². The van der Waals surface area contributed by atoms with Crippen LogP contribution in [0.3, 0.4) is 0 Å². The Hall–Kier alpha value is -4.47. The van der Waals surface area contributed by atoms with Gasteiger partial charge in [0, 0.05) is 29.4 Å². The lowest BCUT2D eigenvalue weighted by atomic mass is 9.96. The van der Waals surface area contributed by atoms with Crippen molar-refractivity contribution in [3.05, 3.63) is 89.2 Å². The van der Waals surface area contributed by atoms with Gasteiger partial charge in [0.15, 0.2) is 5.82 Å². The molecule has 1 aliphatic rings. The SMILES string of the molecule is Cn1cnnc1-c1cc(C(N)=O)ccc1-c1cccc(N2Cc3c(cccc3C(F)(F)F)C2=O)c1. The largest absolute Gasteiger partial charge is 0.416 e. The molecule has 2 amide bonds. The van der Waals surface area contributed by atoms with Crippen molar-refractivity contribution in [1.82, 2.24) is 14.8 Å². The summed E-state index contributed by atoms with van der Waals surface area (Å²) in [7, 11) is 1.75. The van der Waals surface area contributed by atoms with Crippen molar-refractivity contribution < 1.29 is 22.8 Å². The summed E-state index contributed by atoms with van der Waals surface area (Å²) < 4.78 is 42.2. The molecule has 3 aromatic carbocycles. The second-order valence-corrected chi connectivity index (χ2v) is 8.16. The van der Waals surface area contributed by atoms with E-state index in [2.05, 4.69) is 10.2 Å². The Morgan fingerprint density at radius 2 is 1.77 bits per heavy atom. The monoisotopic (exact) mass is 477 g/mol. The first-order valence-corrected chi connectivity index (χ1v) is 10.5. The van der Waals surface area contributed by atoms with E-state index in [0.717, 1.165) is 6.07 Å². The molecule has 2 heterocycles. The van der Waals surface area contributed by atoms with E-state index in [1.807, 2.05) is 0 Å². The maximum Gasteiger partial charge on any atom is 0.416 e. The predicted octanol–water partition coefficient (Wildman–Crippen LogP) is 4.43. The minimum absolute atomic E-state index is 0.0378. The average Bonchev–Trinajstić information content (AvgIpc) is 3.41. The van der Waals surface area contributed by atoms with Gasteiger partial charge in [0.2, 0.25) is 5.91 Å². The number of aryl methyl sites for hydroxylation is 1. The molecule has 35 heavy (non-hydrogen) atoms. The first-order valence-electron chi connectivity index (χ1n) is 10.5. The summed E-state index contributed by atoms with van der Waals surface area (Å²) in [6.07, 6.45) is -3.04. The number of carbonyl (C=O) groups excluding carboxylic acids is 2. The third kappa shape index (κ3) is 3.82. The van der Waals surface area contributed by atoms with Crippen LogP contribution in [0.25, 0.3) is 22.5 Å². The zero-order valence-electron chi connectivity index (χ0n) is 18.4. The summed E-state index contributed by atoms with van der Waals surface area (Å²) in [5.41, 5.74) is 7.33. The van der Waals surface area contributed by atoms with Gasteiger partial charge in [-0.15, -0.1) is 10.2 Å². The van der Waals surface area contributed by atoms with Crippen molar-refractivity contribution in [1.29, 1.82) is 0 Å². The number of rotatable bonds is 4. The molecule has 2 N–H and O–H groups in total. The van der Waals surface area contributed by atoms with Crippen molar-refractivity contribution >= 4 is 17.5 Å². The van der Waals surface area contributed by atoms with Crippen LogP contribution in [0.5, 0.6) is 0 Å². The van der Waals surface area contributed by atoms with Gasteiger partial charge < -0.3 is 15.2 Å². The highest BCUT2D eigenvalue weighted by Gasteiger charge is 2.39. The van der Waals surface area contributed by atoms with Crippen LogP contribution in [0.4, 0.5) is 18.9 Å². The van der Waals surface area contributed by atoms with Gasteiger partial charge in [-0.2, -0.15) is 13.2 Å². The molecule has 10 heteroatoms. The highest BCUT2D eigenvalue weighted by Crippen LogP contribution is 2.40. The smallest absolute Gasteiger partial charge is 0.366 e. The number of hydrogen-bond donors (Lipinski definition) is 1. The van der Waals surface area contributed by atoms with E-state index in [4.69, 9.17) is 5.73 Å². The molecular weight excluding hydrogens is 459 g/mol. The van der Waals surface area contributed by atoms with Crippen molar-refractivity contribution in [2.24, 2.45) is 12.8 Å². The first-order chi connectivity index (χ1) is 16.6. The van der Waals surface area contributed by atoms with E-state index in [1.54, 1.807) is 54.1 Å². The van der Waals surface area contributed by atoms with Crippen molar-refractivity contribution in [3.63, 3.8) is 0 Å². The number of benzene rings is 3. The van der Waals surface area contributed by atoms with Gasteiger partial charge in [-0.25, -0.2) is 0 Å². The highest BCUT2D eigenvalue weighted by atomic mass is 19.4. The fourth-order valence-electron chi connectivity index (χ4n) is 4.31. The molecule has 1 aliphatic heterocycles. The number of halogens is 3. The zero-order valence-corrected chi connectivity index (χ0v) is 18.4. The minimum Gasteiger partial charge on any atom is -0.366 e. The average molecular weight is 477 g/mol. The number of alkyl halides is 3. The molecule has 7 nitrogen and oxygen atoms in total. The Balaban J connectivity index is 1.59. The van der Waals surface area contributed by atoms with Crippen LogP contribution in [0, 0.1) is 0 Å². The van der Waals surface area contributed by atoms with Crippen LogP contribution in [-0.4, -0.2) is 26.6 Å². The van der Waals surface area contributed by atoms with E-state index >= 15 is 0 Å². The molecule has 0 radical (unpaired) electrons. The number of hydrogen-bond acceptors (Lipinski definition) is 4. The number of anilines is 1. The lowest BCUT2D eigenvalue weighted by Gasteiger charge is -2.18. The van der Waals surface area contributed by atoms with Gasteiger partial charge >= 0.3 is 6.18 Å². The highest BCUT2D eigenvalue weighted by molar-refractivity contribution is 6.10. The van der Waals surface area contributed by atoms with E-state index in [0.29, 0.717) is 28.2 Å². The Morgan fingerprint density at radius 3 is 2.46 bits per heavy atom. The Kier molecular flexibility index (Phi) is 5.16. The molecular formula is C25H18F3N5O2. The standard InChI is InChI=1S/C25H18F3N5O2/c1-32-13-30-31-23(32)19-11-15(22(29)34)8-9-17(19)14-4-2-5-16(10-14)33-12-20-18(24(33)35)6-3-7-21(20)25(26,27)28/h2-11,13H,12H2,1H3,(H2,29,34). The lowest BCUT2D eigenvalue weighted by molar-refractivity contribution is -0.138. The molecule has 1 aromatic heterocycles. The number of amides is 2. The van der Waals surface area contributed by atoms with Crippen LogP contribution in [0.15, 0.2) is 67.0 Å². The Bertz CT molecular complexity index is 1490.